The van der Waals surface area contributed by atoms with Crippen LogP contribution in [0, 0.1) is 5.41 Å². The molecule has 0 saturated carbocycles. The van der Waals surface area contributed by atoms with Crippen molar-refractivity contribution in [2.75, 3.05) is 6.61 Å². The molecule has 3 heterocycles. The van der Waals surface area contributed by atoms with Gasteiger partial charge in [0.1, 0.15) is 17.4 Å². The molecule has 0 atom stereocenters. The maximum atomic E-state index is 13.1. The van der Waals surface area contributed by atoms with E-state index >= 15 is 0 Å². The number of aliphatic imine (C=N–C) groups is 1. The SMILES string of the molecule is CC(C)(C)c1ccc(OCCn2cc(/C=C3/C(=N)N4N=C(c5ccccc5Cl)SC4=NC3=O)c3ccccc32)cc1. The number of hydrogen-bond donors (Lipinski definition) is 1. The number of nitrogens with one attached hydrogen (secondary N) is 1. The number of nitrogens with zero attached hydrogens (tertiary/aromatic N) is 4. The van der Waals surface area contributed by atoms with E-state index in [9.17, 15) is 4.79 Å². The minimum absolute atomic E-state index is 0.0200. The highest BCUT2D eigenvalue weighted by Crippen LogP contribution is 2.34. The average molecular weight is 582 g/mol. The van der Waals surface area contributed by atoms with E-state index in [2.05, 4.69) is 47.6 Å². The Bertz CT molecular complexity index is 1780. The van der Waals surface area contributed by atoms with Crippen molar-refractivity contribution in [3.05, 3.63) is 106 Å². The van der Waals surface area contributed by atoms with Gasteiger partial charge in [-0.3, -0.25) is 10.2 Å². The molecular formula is C32H28ClN5O2S. The number of thioether (sulfide) groups is 1. The van der Waals surface area contributed by atoms with E-state index in [-0.39, 0.29) is 16.8 Å². The Kier molecular flexibility index (Phi) is 7.05. The summed E-state index contributed by atoms with van der Waals surface area (Å²) >= 11 is 7.59. The maximum absolute atomic E-state index is 13.1. The monoisotopic (exact) mass is 581 g/mol. The number of fused-ring (bicyclic) bond motifs is 2. The molecule has 0 bridgehead atoms. The van der Waals surface area contributed by atoms with Gasteiger partial charge in [0.15, 0.2) is 5.84 Å². The lowest BCUT2D eigenvalue weighted by Gasteiger charge is -2.20. The van der Waals surface area contributed by atoms with Crippen LogP contribution in [0.1, 0.15) is 37.5 Å². The zero-order valence-corrected chi connectivity index (χ0v) is 24.5. The van der Waals surface area contributed by atoms with Crippen LogP contribution in [0.15, 0.2) is 94.7 Å². The van der Waals surface area contributed by atoms with Crippen molar-refractivity contribution in [2.24, 2.45) is 10.1 Å². The number of amidine groups is 2. The fraction of sp³-hybridized carbons (Fsp3) is 0.188. The molecule has 7 nitrogen and oxygen atoms in total. The second-order valence-corrected chi connectivity index (χ2v) is 12.2. The smallest absolute Gasteiger partial charge is 0.283 e. The molecule has 41 heavy (non-hydrogen) atoms. The second kappa shape index (κ2) is 10.7. The summed E-state index contributed by atoms with van der Waals surface area (Å²) in [6, 6.07) is 23.6. The Morgan fingerprint density at radius 2 is 1.76 bits per heavy atom. The fourth-order valence-corrected chi connectivity index (χ4v) is 5.99. The summed E-state index contributed by atoms with van der Waals surface area (Å²) in [6.45, 7) is 7.67. The molecule has 206 valence electrons. The predicted molar refractivity (Wildman–Crippen MR) is 168 cm³/mol. The number of carbonyl (C=O) groups excluding carboxylic acids is 1. The molecule has 3 aromatic carbocycles. The van der Waals surface area contributed by atoms with Crippen LogP contribution in [0.2, 0.25) is 5.02 Å². The van der Waals surface area contributed by atoms with Gasteiger partial charge in [-0.2, -0.15) is 15.1 Å². The Hall–Kier alpha value is -4.14. The summed E-state index contributed by atoms with van der Waals surface area (Å²) in [4.78, 5) is 17.3. The minimum atomic E-state index is -0.469. The number of carbonyl (C=O) groups is 1. The Morgan fingerprint density at radius 3 is 2.51 bits per heavy atom. The first-order valence-corrected chi connectivity index (χ1v) is 14.4. The molecule has 0 spiro atoms. The van der Waals surface area contributed by atoms with E-state index in [4.69, 9.17) is 21.7 Å². The van der Waals surface area contributed by atoms with Gasteiger partial charge in [0, 0.05) is 28.2 Å². The number of hydrogen-bond acceptors (Lipinski definition) is 5. The van der Waals surface area contributed by atoms with Gasteiger partial charge in [-0.25, -0.2) is 0 Å². The van der Waals surface area contributed by atoms with Crippen LogP contribution >= 0.6 is 23.4 Å². The molecule has 9 heteroatoms. The number of rotatable bonds is 6. The topological polar surface area (TPSA) is 83.0 Å². The molecule has 0 fully saturated rings. The van der Waals surface area contributed by atoms with E-state index in [0.717, 1.165) is 27.8 Å². The van der Waals surface area contributed by atoms with Crippen LogP contribution < -0.4 is 4.74 Å². The van der Waals surface area contributed by atoms with Crippen molar-refractivity contribution in [1.29, 1.82) is 5.41 Å². The van der Waals surface area contributed by atoms with Gasteiger partial charge in [0.25, 0.3) is 5.91 Å². The van der Waals surface area contributed by atoms with Crippen molar-refractivity contribution < 1.29 is 9.53 Å². The molecule has 1 aromatic heterocycles. The number of ether oxygens (including phenoxy) is 1. The van der Waals surface area contributed by atoms with Crippen molar-refractivity contribution in [3.8, 4) is 5.75 Å². The molecular weight excluding hydrogens is 554 g/mol. The number of amides is 1. The first kappa shape index (κ1) is 27.1. The lowest BCUT2D eigenvalue weighted by atomic mass is 9.87. The second-order valence-electron chi connectivity index (χ2n) is 10.8. The first-order valence-electron chi connectivity index (χ1n) is 13.3. The standard InChI is InChI=1S/C32H28ClN5O2S/c1-32(2,3)21-12-14-22(15-13-21)40-17-16-37-19-20(23-8-5-7-11-27(23)37)18-25-28(34)38-31(35-29(25)39)41-30(36-38)24-9-4-6-10-26(24)33/h4-15,18-19,34H,16-17H2,1-3H3/b25-18-,34-28?. The van der Waals surface area contributed by atoms with Gasteiger partial charge < -0.3 is 9.30 Å². The van der Waals surface area contributed by atoms with Crippen molar-refractivity contribution in [3.63, 3.8) is 0 Å². The molecule has 6 rings (SSSR count). The van der Waals surface area contributed by atoms with E-state index in [1.54, 1.807) is 12.1 Å². The highest BCUT2D eigenvalue weighted by molar-refractivity contribution is 8.27. The summed E-state index contributed by atoms with van der Waals surface area (Å²) < 4.78 is 8.15. The zero-order valence-electron chi connectivity index (χ0n) is 22.9. The van der Waals surface area contributed by atoms with Gasteiger partial charge >= 0.3 is 0 Å². The molecule has 0 saturated heterocycles. The third-order valence-corrected chi connectivity index (χ3v) is 8.27. The minimum Gasteiger partial charge on any atom is -0.492 e. The Balaban J connectivity index is 1.24. The molecule has 1 N–H and O–H groups in total. The van der Waals surface area contributed by atoms with Crippen molar-refractivity contribution in [2.45, 2.75) is 32.7 Å². The van der Waals surface area contributed by atoms with Crippen LogP contribution in [-0.4, -0.2) is 38.1 Å². The van der Waals surface area contributed by atoms with Gasteiger partial charge in [-0.1, -0.05) is 80.9 Å². The quantitative estimate of drug-likeness (QED) is 0.241. The molecule has 0 aliphatic carbocycles. The highest BCUT2D eigenvalue weighted by atomic mass is 35.5. The number of aromatic nitrogens is 1. The third-order valence-electron chi connectivity index (χ3n) is 7.00. The number of halogens is 1. The Morgan fingerprint density at radius 1 is 1.02 bits per heavy atom. The Labute approximate surface area is 247 Å². The summed E-state index contributed by atoms with van der Waals surface area (Å²) in [5.74, 6) is 0.337. The van der Waals surface area contributed by atoms with E-state index in [1.807, 2.05) is 60.8 Å². The molecule has 0 radical (unpaired) electrons. The molecule has 2 aliphatic rings. The number of benzene rings is 3. The van der Waals surface area contributed by atoms with Crippen molar-refractivity contribution >= 4 is 62.3 Å². The lowest BCUT2D eigenvalue weighted by molar-refractivity contribution is -0.114. The maximum Gasteiger partial charge on any atom is 0.283 e. The van der Waals surface area contributed by atoms with Gasteiger partial charge in [-0.15, -0.1) is 0 Å². The van der Waals surface area contributed by atoms with E-state index in [1.165, 1.54) is 22.3 Å². The summed E-state index contributed by atoms with van der Waals surface area (Å²) in [7, 11) is 0. The summed E-state index contributed by atoms with van der Waals surface area (Å²) in [6.07, 6.45) is 3.71. The van der Waals surface area contributed by atoms with Crippen LogP contribution in [0.25, 0.3) is 17.0 Å². The van der Waals surface area contributed by atoms with Crippen LogP contribution in [-0.2, 0) is 16.8 Å². The average Bonchev–Trinajstić information content (AvgIpc) is 3.53. The number of hydrazone groups is 1. The fourth-order valence-electron chi connectivity index (χ4n) is 4.78. The molecule has 2 aliphatic heterocycles. The summed E-state index contributed by atoms with van der Waals surface area (Å²) in [5, 5.41) is 17.2. The summed E-state index contributed by atoms with van der Waals surface area (Å²) in [5.41, 5.74) is 4.10. The molecule has 4 aromatic rings. The van der Waals surface area contributed by atoms with E-state index < -0.39 is 5.91 Å². The van der Waals surface area contributed by atoms with Crippen LogP contribution in [0.3, 0.4) is 0 Å². The van der Waals surface area contributed by atoms with Gasteiger partial charge in [-0.05, 0) is 53.1 Å². The van der Waals surface area contributed by atoms with Crippen LogP contribution in [0.5, 0.6) is 5.75 Å². The zero-order chi connectivity index (χ0) is 28.7. The van der Waals surface area contributed by atoms with Crippen molar-refractivity contribution in [1.82, 2.24) is 9.58 Å². The number of para-hydroxylation sites is 1. The normalized spacial score (nSPS) is 16.3. The third kappa shape index (κ3) is 5.33. The van der Waals surface area contributed by atoms with Gasteiger partial charge in [0.05, 0.1) is 17.1 Å². The first-order chi connectivity index (χ1) is 19.7. The van der Waals surface area contributed by atoms with E-state index in [0.29, 0.717) is 28.4 Å². The highest BCUT2D eigenvalue weighted by Gasteiger charge is 2.36. The van der Waals surface area contributed by atoms with Crippen LogP contribution in [0.4, 0.5) is 0 Å². The lowest BCUT2D eigenvalue weighted by Crippen LogP contribution is -2.35. The molecule has 1 amide bonds. The predicted octanol–water partition coefficient (Wildman–Crippen LogP) is 7.34. The largest absolute Gasteiger partial charge is 0.492 e. The molecule has 0 unspecified atom stereocenters. The van der Waals surface area contributed by atoms with Gasteiger partial charge in [0.2, 0.25) is 5.17 Å².